The Balaban J connectivity index is 2.19. The zero-order chi connectivity index (χ0) is 17.3. The summed E-state index contributed by atoms with van der Waals surface area (Å²) >= 11 is 0. The van der Waals surface area contributed by atoms with Gasteiger partial charge in [0.1, 0.15) is 17.4 Å². The van der Waals surface area contributed by atoms with E-state index in [-0.39, 0.29) is 11.0 Å². The number of hydrogen-bond acceptors (Lipinski definition) is 2. The molecule has 0 unspecified atom stereocenters. The summed E-state index contributed by atoms with van der Waals surface area (Å²) in [6.45, 7) is 4.15. The Hall–Kier alpha value is -2.93. The van der Waals surface area contributed by atoms with Crippen molar-refractivity contribution in [1.29, 1.82) is 5.26 Å². The quantitative estimate of drug-likeness (QED) is 0.791. The predicted octanol–water partition coefficient (Wildman–Crippen LogP) is 4.06. The third-order valence-corrected chi connectivity index (χ3v) is 4.35. The van der Waals surface area contributed by atoms with Gasteiger partial charge in [0.25, 0.3) is 5.56 Å². The van der Waals surface area contributed by atoms with E-state index in [1.54, 1.807) is 0 Å². The van der Waals surface area contributed by atoms with Crippen molar-refractivity contribution in [2.24, 2.45) is 0 Å². The molecule has 2 aromatic carbocycles. The van der Waals surface area contributed by atoms with Crippen LogP contribution in [0.2, 0.25) is 0 Å². The second-order valence-electron chi connectivity index (χ2n) is 6.54. The number of aromatic nitrogens is 1. The van der Waals surface area contributed by atoms with Crippen LogP contribution in [0.5, 0.6) is 0 Å². The lowest BCUT2D eigenvalue weighted by atomic mass is 9.79. The molecule has 0 saturated heterocycles. The molecule has 0 radical (unpaired) electrons. The van der Waals surface area contributed by atoms with Crippen molar-refractivity contribution in [3.63, 3.8) is 0 Å². The standard InChI is InChI=1S/C20H17FN2O/c1-20(2,13-6-4-3-5-7-13)11-18-16-10-14(21)8-9-15(16)17(12-22)19(24)23-18/h3-10H,11H2,1-2H3,(H,23,24). The van der Waals surface area contributed by atoms with E-state index in [9.17, 15) is 14.4 Å². The Kier molecular flexibility index (Phi) is 3.94. The van der Waals surface area contributed by atoms with Crippen molar-refractivity contribution >= 4 is 10.8 Å². The average molecular weight is 320 g/mol. The maximum absolute atomic E-state index is 13.7. The van der Waals surface area contributed by atoms with Gasteiger partial charge < -0.3 is 4.98 Å². The maximum atomic E-state index is 13.7. The number of nitriles is 1. The number of aromatic amines is 1. The van der Waals surface area contributed by atoms with Crippen molar-refractivity contribution in [1.82, 2.24) is 4.98 Å². The first-order valence-electron chi connectivity index (χ1n) is 7.72. The summed E-state index contributed by atoms with van der Waals surface area (Å²) in [4.78, 5) is 15.0. The molecular weight excluding hydrogens is 303 g/mol. The molecule has 24 heavy (non-hydrogen) atoms. The lowest BCUT2D eigenvalue weighted by Crippen LogP contribution is -2.24. The number of rotatable bonds is 3. The molecule has 0 aliphatic rings. The van der Waals surface area contributed by atoms with Crippen molar-refractivity contribution in [3.05, 3.63) is 81.5 Å². The smallest absolute Gasteiger partial charge is 0.266 e. The molecule has 3 aromatic rings. The summed E-state index contributed by atoms with van der Waals surface area (Å²) in [5.41, 5.74) is 1.10. The van der Waals surface area contributed by atoms with Gasteiger partial charge in [-0.25, -0.2) is 4.39 Å². The SMILES string of the molecule is CC(C)(Cc1[nH]c(=O)c(C#N)c2ccc(F)cc12)c1ccccc1. The number of halogens is 1. The van der Waals surface area contributed by atoms with Gasteiger partial charge in [-0.1, -0.05) is 44.2 Å². The molecule has 0 saturated carbocycles. The van der Waals surface area contributed by atoms with Crippen LogP contribution in [0.25, 0.3) is 10.8 Å². The summed E-state index contributed by atoms with van der Waals surface area (Å²) < 4.78 is 13.7. The zero-order valence-corrected chi connectivity index (χ0v) is 13.6. The molecule has 0 atom stereocenters. The van der Waals surface area contributed by atoms with Crippen molar-refractivity contribution < 1.29 is 4.39 Å². The molecule has 0 spiro atoms. The second-order valence-corrected chi connectivity index (χ2v) is 6.54. The highest BCUT2D eigenvalue weighted by molar-refractivity contribution is 5.89. The van der Waals surface area contributed by atoms with Crippen molar-refractivity contribution in [3.8, 4) is 6.07 Å². The van der Waals surface area contributed by atoms with Crippen LogP contribution in [0, 0.1) is 17.1 Å². The summed E-state index contributed by atoms with van der Waals surface area (Å²) in [6, 6.07) is 16.0. The number of nitrogens with zero attached hydrogens (tertiary/aromatic N) is 1. The summed E-state index contributed by atoms with van der Waals surface area (Å²) in [7, 11) is 0. The van der Waals surface area contributed by atoms with E-state index < -0.39 is 11.4 Å². The van der Waals surface area contributed by atoms with Gasteiger partial charge in [0.2, 0.25) is 0 Å². The Labute approximate surface area is 139 Å². The van der Waals surface area contributed by atoms with Gasteiger partial charge >= 0.3 is 0 Å². The third-order valence-electron chi connectivity index (χ3n) is 4.35. The van der Waals surface area contributed by atoms with Crippen LogP contribution in [-0.2, 0) is 11.8 Å². The van der Waals surface area contributed by atoms with Gasteiger partial charge in [-0.2, -0.15) is 5.26 Å². The molecule has 0 amide bonds. The van der Waals surface area contributed by atoms with Crippen molar-refractivity contribution in [2.75, 3.05) is 0 Å². The summed E-state index contributed by atoms with van der Waals surface area (Å²) in [5, 5.41) is 10.3. The van der Waals surface area contributed by atoms with Gasteiger partial charge in [0.05, 0.1) is 0 Å². The fraction of sp³-hybridized carbons (Fsp3) is 0.200. The molecule has 120 valence electrons. The number of pyridine rings is 1. The van der Waals surface area contributed by atoms with E-state index in [1.807, 2.05) is 36.4 Å². The Morgan fingerprint density at radius 2 is 1.83 bits per heavy atom. The molecule has 3 nitrogen and oxygen atoms in total. The van der Waals surface area contributed by atoms with E-state index in [4.69, 9.17) is 0 Å². The molecule has 0 fully saturated rings. The lowest BCUT2D eigenvalue weighted by Gasteiger charge is -2.26. The first-order valence-corrected chi connectivity index (χ1v) is 7.72. The van der Waals surface area contributed by atoms with Crippen molar-refractivity contribution in [2.45, 2.75) is 25.7 Å². The predicted molar refractivity (Wildman–Crippen MR) is 92.4 cm³/mol. The van der Waals surface area contributed by atoms with Crippen LogP contribution in [0.3, 0.4) is 0 Å². The summed E-state index contributed by atoms with van der Waals surface area (Å²) in [5.74, 6) is -0.391. The van der Waals surface area contributed by atoms with Crippen LogP contribution in [0.4, 0.5) is 4.39 Å². The highest BCUT2D eigenvalue weighted by Gasteiger charge is 2.23. The van der Waals surface area contributed by atoms with E-state index in [2.05, 4.69) is 18.8 Å². The van der Waals surface area contributed by atoms with Crippen LogP contribution in [-0.4, -0.2) is 4.98 Å². The Morgan fingerprint density at radius 3 is 2.50 bits per heavy atom. The van der Waals surface area contributed by atoms with Gasteiger partial charge in [0, 0.05) is 16.5 Å². The first-order chi connectivity index (χ1) is 11.4. The minimum Gasteiger partial charge on any atom is -0.324 e. The van der Waals surface area contributed by atoms with E-state index >= 15 is 0 Å². The zero-order valence-electron chi connectivity index (χ0n) is 13.6. The fourth-order valence-corrected chi connectivity index (χ4v) is 3.06. The van der Waals surface area contributed by atoms with E-state index in [1.165, 1.54) is 18.2 Å². The highest BCUT2D eigenvalue weighted by atomic mass is 19.1. The third kappa shape index (κ3) is 2.81. The van der Waals surface area contributed by atoms with Gasteiger partial charge in [0.15, 0.2) is 0 Å². The Morgan fingerprint density at radius 1 is 1.12 bits per heavy atom. The largest absolute Gasteiger partial charge is 0.324 e. The lowest BCUT2D eigenvalue weighted by molar-refractivity contribution is 0.517. The minimum atomic E-state index is -0.435. The van der Waals surface area contributed by atoms with Crippen LogP contribution in [0.15, 0.2) is 53.3 Å². The van der Waals surface area contributed by atoms with E-state index in [0.717, 1.165) is 5.56 Å². The highest BCUT2D eigenvalue weighted by Crippen LogP contribution is 2.30. The molecule has 0 bridgehead atoms. The fourth-order valence-electron chi connectivity index (χ4n) is 3.06. The molecule has 0 aliphatic heterocycles. The number of benzene rings is 2. The van der Waals surface area contributed by atoms with Crippen LogP contribution >= 0.6 is 0 Å². The number of nitrogens with one attached hydrogen (secondary N) is 1. The topological polar surface area (TPSA) is 56.6 Å². The molecule has 4 heteroatoms. The second kappa shape index (κ2) is 5.93. The Bertz CT molecular complexity index is 998. The molecule has 0 aliphatic carbocycles. The molecule has 1 N–H and O–H groups in total. The molecule has 1 heterocycles. The molecule has 1 aromatic heterocycles. The summed E-state index contributed by atoms with van der Waals surface area (Å²) in [6.07, 6.45) is 0.526. The van der Waals surface area contributed by atoms with Gasteiger partial charge in [-0.05, 0) is 35.6 Å². The molecule has 3 rings (SSSR count). The van der Waals surface area contributed by atoms with Gasteiger partial charge in [-0.15, -0.1) is 0 Å². The van der Waals surface area contributed by atoms with Gasteiger partial charge in [-0.3, -0.25) is 4.79 Å². The monoisotopic (exact) mass is 320 g/mol. The van der Waals surface area contributed by atoms with Crippen LogP contribution < -0.4 is 5.56 Å². The number of fused-ring (bicyclic) bond motifs is 1. The average Bonchev–Trinajstić information content (AvgIpc) is 2.56. The molecular formula is C20H17FN2O. The number of hydrogen-bond donors (Lipinski definition) is 1. The minimum absolute atomic E-state index is 0.0197. The normalized spacial score (nSPS) is 11.4. The number of H-pyrrole nitrogens is 1. The maximum Gasteiger partial charge on any atom is 0.266 e. The first kappa shape index (κ1) is 15.9. The van der Waals surface area contributed by atoms with E-state index in [0.29, 0.717) is 22.9 Å². The van der Waals surface area contributed by atoms with Crippen LogP contribution in [0.1, 0.15) is 30.7 Å².